The van der Waals surface area contributed by atoms with Crippen LogP contribution >= 0.6 is 0 Å². The number of ether oxygens (including phenoxy) is 2. The van der Waals surface area contributed by atoms with Crippen molar-refractivity contribution in [3.63, 3.8) is 0 Å². The van der Waals surface area contributed by atoms with E-state index in [-0.39, 0.29) is 0 Å². The molecule has 2 rings (SSSR count). The Bertz CT molecular complexity index is 558. The lowest BCUT2D eigenvalue weighted by Gasteiger charge is -2.11. The molecule has 0 bridgehead atoms. The van der Waals surface area contributed by atoms with Crippen LogP contribution in [0, 0.1) is 6.92 Å². The number of anilines is 1. The first-order chi connectivity index (χ1) is 9.22. The highest BCUT2D eigenvalue weighted by molar-refractivity contribution is 5.56. The molecule has 5 nitrogen and oxygen atoms in total. The first-order valence-corrected chi connectivity index (χ1v) is 5.96. The maximum Gasteiger partial charge on any atom is 0.213 e. The van der Waals surface area contributed by atoms with E-state index in [1.807, 2.05) is 25.1 Å². The minimum Gasteiger partial charge on any atom is -0.493 e. The summed E-state index contributed by atoms with van der Waals surface area (Å²) in [5.74, 6) is 1.34. The van der Waals surface area contributed by atoms with Gasteiger partial charge in [-0.3, -0.25) is 4.98 Å². The Morgan fingerprint density at radius 1 is 1.16 bits per heavy atom. The third-order valence-corrected chi connectivity index (χ3v) is 2.72. The van der Waals surface area contributed by atoms with Crippen LogP contribution in [-0.4, -0.2) is 24.2 Å². The van der Waals surface area contributed by atoms with E-state index in [0.29, 0.717) is 12.4 Å². The summed E-state index contributed by atoms with van der Waals surface area (Å²) < 4.78 is 10.4. The van der Waals surface area contributed by atoms with Gasteiger partial charge < -0.3 is 14.8 Å². The maximum absolute atomic E-state index is 5.27. The topological polar surface area (TPSA) is 56.3 Å². The van der Waals surface area contributed by atoms with E-state index < -0.39 is 0 Å². The maximum atomic E-state index is 5.27. The molecule has 1 N–H and O–H groups in total. The number of pyridine rings is 2. The van der Waals surface area contributed by atoms with Crippen LogP contribution in [0.2, 0.25) is 0 Å². The van der Waals surface area contributed by atoms with Gasteiger partial charge in [-0.25, -0.2) is 4.98 Å². The van der Waals surface area contributed by atoms with Gasteiger partial charge in [0.15, 0.2) is 5.75 Å². The molecule has 0 fully saturated rings. The van der Waals surface area contributed by atoms with Crippen molar-refractivity contribution >= 4 is 5.69 Å². The molecule has 100 valence electrons. The Balaban J connectivity index is 2.11. The van der Waals surface area contributed by atoms with Crippen molar-refractivity contribution in [2.75, 3.05) is 19.5 Å². The van der Waals surface area contributed by atoms with Crippen molar-refractivity contribution in [3.8, 4) is 11.6 Å². The van der Waals surface area contributed by atoms with Crippen LogP contribution in [-0.2, 0) is 6.54 Å². The number of hydrogen-bond acceptors (Lipinski definition) is 5. The minimum absolute atomic E-state index is 0.608. The minimum atomic E-state index is 0.608. The van der Waals surface area contributed by atoms with E-state index in [4.69, 9.17) is 9.47 Å². The molecule has 0 amide bonds. The lowest BCUT2D eigenvalue weighted by atomic mass is 10.2. The van der Waals surface area contributed by atoms with Crippen LogP contribution in [0.4, 0.5) is 5.69 Å². The standard InChI is InChI=1S/C14H17N3O2/c1-10-6-12(13(18-2)9-16-10)17-8-11-4-5-15-14(7-11)19-3/h4-7,9H,8H2,1-3H3,(H,16,17). The number of nitrogens with one attached hydrogen (secondary N) is 1. The predicted molar refractivity (Wildman–Crippen MR) is 73.6 cm³/mol. The summed E-state index contributed by atoms with van der Waals surface area (Å²) in [6, 6.07) is 5.79. The van der Waals surface area contributed by atoms with Gasteiger partial charge in [-0.05, 0) is 24.6 Å². The lowest BCUT2D eigenvalue weighted by Crippen LogP contribution is -2.03. The summed E-state index contributed by atoms with van der Waals surface area (Å²) in [5.41, 5.74) is 2.95. The SMILES string of the molecule is COc1cc(CNc2cc(C)ncc2OC)ccn1. The van der Waals surface area contributed by atoms with Crippen LogP contribution in [0.3, 0.4) is 0 Å². The second kappa shape index (κ2) is 6.04. The average molecular weight is 259 g/mol. The fourth-order valence-corrected chi connectivity index (χ4v) is 1.72. The third-order valence-electron chi connectivity index (χ3n) is 2.72. The number of nitrogens with zero attached hydrogens (tertiary/aromatic N) is 2. The summed E-state index contributed by atoms with van der Waals surface area (Å²) in [5, 5.41) is 3.32. The van der Waals surface area contributed by atoms with E-state index in [2.05, 4.69) is 15.3 Å². The van der Waals surface area contributed by atoms with Crippen LogP contribution in [0.15, 0.2) is 30.6 Å². The molecular weight excluding hydrogens is 242 g/mol. The zero-order chi connectivity index (χ0) is 13.7. The Labute approximate surface area is 112 Å². The van der Waals surface area contributed by atoms with Crippen LogP contribution in [0.1, 0.15) is 11.3 Å². The van der Waals surface area contributed by atoms with Gasteiger partial charge in [-0.1, -0.05) is 0 Å². The molecule has 0 atom stereocenters. The first-order valence-electron chi connectivity index (χ1n) is 5.96. The molecule has 0 saturated heterocycles. The van der Waals surface area contributed by atoms with Crippen molar-refractivity contribution in [1.29, 1.82) is 0 Å². The molecule has 2 heterocycles. The highest BCUT2D eigenvalue weighted by Crippen LogP contribution is 2.24. The molecule has 0 spiro atoms. The molecule has 0 aliphatic heterocycles. The summed E-state index contributed by atoms with van der Waals surface area (Å²) in [4.78, 5) is 8.27. The highest BCUT2D eigenvalue weighted by Gasteiger charge is 2.04. The zero-order valence-corrected chi connectivity index (χ0v) is 11.3. The van der Waals surface area contributed by atoms with E-state index in [0.717, 1.165) is 22.7 Å². The number of hydrogen-bond donors (Lipinski definition) is 1. The largest absolute Gasteiger partial charge is 0.493 e. The molecule has 2 aromatic rings. The van der Waals surface area contributed by atoms with Crippen molar-refractivity contribution in [2.24, 2.45) is 0 Å². The van der Waals surface area contributed by atoms with Crippen molar-refractivity contribution in [1.82, 2.24) is 9.97 Å². The first kappa shape index (κ1) is 13.1. The highest BCUT2D eigenvalue weighted by atomic mass is 16.5. The summed E-state index contributed by atoms with van der Waals surface area (Å²) in [6.07, 6.45) is 3.44. The third kappa shape index (κ3) is 3.34. The number of methoxy groups -OCH3 is 2. The molecule has 19 heavy (non-hydrogen) atoms. The quantitative estimate of drug-likeness (QED) is 0.893. The van der Waals surface area contributed by atoms with E-state index in [9.17, 15) is 0 Å². The fourth-order valence-electron chi connectivity index (χ4n) is 1.72. The Morgan fingerprint density at radius 2 is 2.00 bits per heavy atom. The molecule has 0 unspecified atom stereocenters. The van der Waals surface area contributed by atoms with E-state index in [1.54, 1.807) is 26.6 Å². The van der Waals surface area contributed by atoms with Gasteiger partial charge in [0.25, 0.3) is 0 Å². The van der Waals surface area contributed by atoms with Crippen LogP contribution < -0.4 is 14.8 Å². The van der Waals surface area contributed by atoms with Gasteiger partial charge in [0.05, 0.1) is 26.1 Å². The second-order valence-corrected chi connectivity index (χ2v) is 4.09. The van der Waals surface area contributed by atoms with Crippen LogP contribution in [0.5, 0.6) is 11.6 Å². The number of aryl methyl sites for hydroxylation is 1. The molecule has 0 aliphatic carbocycles. The monoisotopic (exact) mass is 259 g/mol. The van der Waals surface area contributed by atoms with Gasteiger partial charge in [-0.15, -0.1) is 0 Å². The lowest BCUT2D eigenvalue weighted by molar-refractivity contribution is 0.397. The van der Waals surface area contributed by atoms with Gasteiger partial charge in [0, 0.05) is 24.5 Å². The molecule has 0 radical (unpaired) electrons. The smallest absolute Gasteiger partial charge is 0.213 e. The second-order valence-electron chi connectivity index (χ2n) is 4.09. The summed E-state index contributed by atoms with van der Waals surface area (Å²) in [6.45, 7) is 2.61. The van der Waals surface area contributed by atoms with E-state index >= 15 is 0 Å². The van der Waals surface area contributed by atoms with Gasteiger partial charge in [0.1, 0.15) is 0 Å². The van der Waals surface area contributed by atoms with Gasteiger partial charge in [-0.2, -0.15) is 0 Å². The van der Waals surface area contributed by atoms with Crippen molar-refractivity contribution < 1.29 is 9.47 Å². The molecule has 0 aliphatic rings. The predicted octanol–water partition coefficient (Wildman–Crippen LogP) is 2.41. The van der Waals surface area contributed by atoms with Gasteiger partial charge in [0.2, 0.25) is 5.88 Å². The number of rotatable bonds is 5. The Morgan fingerprint density at radius 3 is 2.74 bits per heavy atom. The average Bonchev–Trinajstić information content (AvgIpc) is 2.45. The normalized spacial score (nSPS) is 10.1. The zero-order valence-electron chi connectivity index (χ0n) is 11.3. The summed E-state index contributed by atoms with van der Waals surface area (Å²) in [7, 11) is 3.24. The van der Waals surface area contributed by atoms with Gasteiger partial charge >= 0.3 is 0 Å². The molecule has 0 aromatic carbocycles. The molecule has 2 aromatic heterocycles. The van der Waals surface area contributed by atoms with Crippen molar-refractivity contribution in [3.05, 3.63) is 41.9 Å². The Kier molecular flexibility index (Phi) is 4.18. The Hall–Kier alpha value is -2.30. The van der Waals surface area contributed by atoms with Crippen LogP contribution in [0.25, 0.3) is 0 Å². The van der Waals surface area contributed by atoms with Crippen molar-refractivity contribution in [2.45, 2.75) is 13.5 Å². The fraction of sp³-hybridized carbons (Fsp3) is 0.286. The molecule has 5 heteroatoms. The molecule has 0 saturated carbocycles. The van der Waals surface area contributed by atoms with E-state index in [1.165, 1.54) is 0 Å². The number of aromatic nitrogens is 2. The molecular formula is C14H17N3O2. The summed E-state index contributed by atoms with van der Waals surface area (Å²) >= 11 is 0.